The van der Waals surface area contributed by atoms with E-state index in [1.807, 2.05) is 0 Å². The quantitative estimate of drug-likeness (QED) is 0.0569. The average Bonchev–Trinajstić information content (AvgIpc) is 2.97. The first-order chi connectivity index (χ1) is 20.0. The molecule has 0 N–H and O–H groups in total. The summed E-state index contributed by atoms with van der Waals surface area (Å²) in [6.07, 6.45) is 36.5. The van der Waals surface area contributed by atoms with Crippen molar-refractivity contribution < 1.29 is 18.0 Å². The van der Waals surface area contributed by atoms with Gasteiger partial charge in [0.05, 0.1) is 5.41 Å². The lowest BCUT2D eigenvalue weighted by molar-refractivity contribution is -0.145. The normalized spacial score (nSPS) is 12.8. The summed E-state index contributed by atoms with van der Waals surface area (Å²) < 4.78 is 10.3. The van der Waals surface area contributed by atoms with Crippen LogP contribution in [0.2, 0.25) is 0 Å². The van der Waals surface area contributed by atoms with E-state index in [1.165, 1.54) is 154 Å². The van der Waals surface area contributed by atoms with Crippen LogP contribution in [0.5, 0.6) is 0 Å². The van der Waals surface area contributed by atoms with Crippen LogP contribution in [-0.2, 0) is 18.0 Å². The van der Waals surface area contributed by atoms with Crippen molar-refractivity contribution in [3.05, 3.63) is 0 Å². The molecule has 0 heterocycles. The van der Waals surface area contributed by atoms with Crippen molar-refractivity contribution in [3.63, 3.8) is 0 Å². The molecule has 0 bridgehead atoms. The second kappa shape index (κ2) is 30.7. The first-order valence-corrected chi connectivity index (χ1v) is 18.7. The van der Waals surface area contributed by atoms with Crippen LogP contribution in [0.3, 0.4) is 0 Å². The van der Waals surface area contributed by atoms with Gasteiger partial charge in [0.2, 0.25) is 0 Å². The Balaban J connectivity index is 4.08. The molecule has 244 valence electrons. The maximum Gasteiger partial charge on any atom is 0.326 e. The Morgan fingerprint density at radius 2 is 0.756 bits per heavy atom. The highest BCUT2D eigenvalue weighted by molar-refractivity contribution is 7.90. The summed E-state index contributed by atoms with van der Waals surface area (Å²) in [5.74, 6) is -0.597. The molecule has 0 aromatic heterocycles. The van der Waals surface area contributed by atoms with E-state index in [1.54, 1.807) is 6.92 Å². The number of hydrogen-bond donors (Lipinski definition) is 0. The maximum absolute atomic E-state index is 13.0. The molecule has 5 heteroatoms. The molecule has 1 unspecified atom stereocenters. The Morgan fingerprint density at radius 1 is 0.463 bits per heavy atom. The van der Waals surface area contributed by atoms with E-state index in [0.29, 0.717) is 12.3 Å². The van der Waals surface area contributed by atoms with Gasteiger partial charge < -0.3 is 8.37 Å². The Hall–Kier alpha value is -0.710. The SMILES string of the molecule is CCCCCCCCCCCCCCCCCCC(C)(CCCCCCCCCCCC)C(=O)OSOC(=O)CC. The molecule has 0 radical (unpaired) electrons. The molecule has 0 aromatic rings. The Kier molecular flexibility index (Phi) is 30.2. The third-order valence-electron chi connectivity index (χ3n) is 8.68. The van der Waals surface area contributed by atoms with Gasteiger partial charge >= 0.3 is 11.9 Å². The van der Waals surface area contributed by atoms with Gasteiger partial charge in [-0.25, -0.2) is 0 Å². The van der Waals surface area contributed by atoms with Gasteiger partial charge in [-0.15, -0.1) is 0 Å². The zero-order chi connectivity index (χ0) is 30.3. The van der Waals surface area contributed by atoms with Gasteiger partial charge in [0.25, 0.3) is 12.3 Å². The summed E-state index contributed by atoms with van der Waals surface area (Å²) in [6, 6.07) is 0. The lowest BCUT2D eigenvalue weighted by Gasteiger charge is -2.26. The number of carbonyl (C=O) groups is 2. The van der Waals surface area contributed by atoms with E-state index < -0.39 is 5.41 Å². The van der Waals surface area contributed by atoms with Crippen molar-refractivity contribution >= 4 is 24.3 Å². The third kappa shape index (κ3) is 26.6. The highest BCUT2D eigenvalue weighted by Gasteiger charge is 2.34. The zero-order valence-corrected chi connectivity index (χ0v) is 28.9. The third-order valence-corrected chi connectivity index (χ3v) is 9.16. The predicted octanol–water partition coefficient (Wildman–Crippen LogP) is 13.0. The molecule has 0 aromatic carbocycles. The first kappa shape index (κ1) is 40.3. The molecular weight excluding hydrogens is 528 g/mol. The summed E-state index contributed by atoms with van der Waals surface area (Å²) in [6.45, 7) is 8.33. The van der Waals surface area contributed by atoms with Gasteiger partial charge in [-0.05, 0) is 19.8 Å². The molecule has 0 aliphatic heterocycles. The second-order valence-corrected chi connectivity index (χ2v) is 13.3. The topological polar surface area (TPSA) is 52.6 Å². The van der Waals surface area contributed by atoms with Crippen LogP contribution < -0.4 is 0 Å². The van der Waals surface area contributed by atoms with Crippen molar-refractivity contribution in [1.29, 1.82) is 0 Å². The van der Waals surface area contributed by atoms with Crippen LogP contribution in [0.1, 0.15) is 214 Å². The number of hydrogen-bond acceptors (Lipinski definition) is 5. The van der Waals surface area contributed by atoms with Crippen molar-refractivity contribution in [2.45, 2.75) is 214 Å². The van der Waals surface area contributed by atoms with Crippen molar-refractivity contribution in [3.8, 4) is 0 Å². The molecule has 1 atom stereocenters. The van der Waals surface area contributed by atoms with Gasteiger partial charge in [0, 0.05) is 6.42 Å². The molecule has 0 spiro atoms. The first-order valence-electron chi connectivity index (χ1n) is 18.1. The molecule has 0 saturated heterocycles. The van der Waals surface area contributed by atoms with Gasteiger partial charge in [-0.3, -0.25) is 9.59 Å². The lowest BCUT2D eigenvalue weighted by Crippen LogP contribution is -2.29. The molecule has 0 amide bonds. The Labute approximate surface area is 261 Å². The average molecular weight is 599 g/mol. The van der Waals surface area contributed by atoms with E-state index in [2.05, 4.69) is 20.8 Å². The van der Waals surface area contributed by atoms with Crippen LogP contribution in [-0.4, -0.2) is 11.9 Å². The molecule has 0 aliphatic carbocycles. The molecule has 0 saturated carbocycles. The van der Waals surface area contributed by atoms with Crippen LogP contribution in [0.25, 0.3) is 0 Å². The van der Waals surface area contributed by atoms with Crippen LogP contribution in [0.15, 0.2) is 0 Å². The number of rotatable bonds is 32. The van der Waals surface area contributed by atoms with Crippen molar-refractivity contribution in [2.75, 3.05) is 0 Å². The smallest absolute Gasteiger partial charge is 0.326 e. The summed E-state index contributed by atoms with van der Waals surface area (Å²) in [5, 5.41) is 0. The predicted molar refractivity (Wildman–Crippen MR) is 179 cm³/mol. The van der Waals surface area contributed by atoms with Crippen molar-refractivity contribution in [1.82, 2.24) is 0 Å². The summed E-state index contributed by atoms with van der Waals surface area (Å²) in [7, 11) is 0. The monoisotopic (exact) mass is 598 g/mol. The molecule has 41 heavy (non-hydrogen) atoms. The fourth-order valence-corrected chi connectivity index (χ4v) is 6.13. The molecule has 0 fully saturated rings. The summed E-state index contributed by atoms with van der Waals surface area (Å²) >= 11 is 0.545. The highest BCUT2D eigenvalue weighted by Crippen LogP contribution is 2.34. The Morgan fingerprint density at radius 3 is 1.05 bits per heavy atom. The largest absolute Gasteiger partial charge is 0.355 e. The fraction of sp³-hybridized carbons (Fsp3) is 0.944. The maximum atomic E-state index is 13.0. The van der Waals surface area contributed by atoms with E-state index in [-0.39, 0.29) is 18.4 Å². The number of unbranched alkanes of at least 4 members (excludes halogenated alkanes) is 24. The highest BCUT2D eigenvalue weighted by atomic mass is 32.2. The van der Waals surface area contributed by atoms with Gasteiger partial charge in [-0.2, -0.15) is 0 Å². The van der Waals surface area contributed by atoms with Gasteiger partial charge in [-0.1, -0.05) is 188 Å². The van der Waals surface area contributed by atoms with Gasteiger partial charge in [0.1, 0.15) is 0 Å². The summed E-state index contributed by atoms with van der Waals surface area (Å²) in [4.78, 5) is 24.4. The van der Waals surface area contributed by atoms with E-state index in [4.69, 9.17) is 8.37 Å². The minimum Gasteiger partial charge on any atom is -0.355 e. The van der Waals surface area contributed by atoms with Crippen LogP contribution >= 0.6 is 12.3 Å². The van der Waals surface area contributed by atoms with Gasteiger partial charge in [0.15, 0.2) is 0 Å². The van der Waals surface area contributed by atoms with Crippen LogP contribution in [0.4, 0.5) is 0 Å². The number of carbonyl (C=O) groups excluding carboxylic acids is 2. The minimum atomic E-state index is -0.498. The summed E-state index contributed by atoms with van der Waals surface area (Å²) in [5.41, 5.74) is -0.498. The lowest BCUT2D eigenvalue weighted by atomic mass is 9.79. The van der Waals surface area contributed by atoms with E-state index >= 15 is 0 Å². The zero-order valence-electron chi connectivity index (χ0n) is 28.0. The molecule has 4 nitrogen and oxygen atoms in total. The van der Waals surface area contributed by atoms with Crippen molar-refractivity contribution in [2.24, 2.45) is 5.41 Å². The minimum absolute atomic E-state index is 0.233. The van der Waals surface area contributed by atoms with E-state index in [0.717, 1.165) is 25.7 Å². The molecule has 0 rings (SSSR count). The Bertz CT molecular complexity index is 582. The molecular formula is C36H70O4S. The van der Waals surface area contributed by atoms with Crippen LogP contribution in [0, 0.1) is 5.41 Å². The standard InChI is InChI=1S/C36H70O4S/c1-5-8-10-12-14-16-18-19-20-21-22-23-25-27-29-31-33-36(4,35(38)40-41-39-34(37)7-3)32-30-28-26-24-17-15-13-11-9-6-2/h5-33H2,1-4H3. The second-order valence-electron chi connectivity index (χ2n) is 12.8. The molecule has 0 aliphatic rings. The van der Waals surface area contributed by atoms with E-state index in [9.17, 15) is 9.59 Å². The fourth-order valence-electron chi connectivity index (χ4n) is 5.64.